The van der Waals surface area contributed by atoms with Gasteiger partial charge in [0.15, 0.2) is 19.8 Å². The molecule has 0 bridgehead atoms. The first-order chi connectivity index (χ1) is 19.9. The monoisotopic (exact) mass is 623 g/mol. The minimum absolute atomic E-state index is 0.113. The van der Waals surface area contributed by atoms with E-state index in [0.29, 0.717) is 35.2 Å². The number of hydrogen-bond donors (Lipinski definition) is 2. The van der Waals surface area contributed by atoms with Crippen molar-refractivity contribution in [2.45, 2.75) is 129 Å². The molecular formula is C33H57NO8Si. The van der Waals surface area contributed by atoms with Crippen LogP contribution in [0.1, 0.15) is 92.1 Å². The lowest BCUT2D eigenvalue weighted by atomic mass is 9.82. The molecule has 246 valence electrons. The summed E-state index contributed by atoms with van der Waals surface area (Å²) in [5, 5.41) is 13.5. The van der Waals surface area contributed by atoms with Gasteiger partial charge in [0.2, 0.25) is 5.75 Å². The molecule has 1 aromatic rings. The molecule has 43 heavy (non-hydrogen) atoms. The van der Waals surface area contributed by atoms with E-state index < -0.39 is 44.0 Å². The molecule has 2 N–H and O–H groups in total. The summed E-state index contributed by atoms with van der Waals surface area (Å²) in [6.45, 7) is 16.3. The van der Waals surface area contributed by atoms with Gasteiger partial charge in [-0.1, -0.05) is 58.9 Å². The number of carbonyl (C=O) groups excluding carboxylic acids is 1. The van der Waals surface area contributed by atoms with Crippen LogP contribution in [0.15, 0.2) is 12.1 Å². The Balaban J connectivity index is 2.54. The first-order valence-electron chi connectivity index (χ1n) is 15.6. The van der Waals surface area contributed by atoms with E-state index in [4.69, 9.17) is 23.4 Å². The van der Waals surface area contributed by atoms with Crippen LogP contribution in [0.5, 0.6) is 17.2 Å². The van der Waals surface area contributed by atoms with Crippen molar-refractivity contribution in [3.05, 3.63) is 17.7 Å². The van der Waals surface area contributed by atoms with Gasteiger partial charge in [-0.3, -0.25) is 4.79 Å². The summed E-state index contributed by atoms with van der Waals surface area (Å²) >= 11 is 0. The SMILES string of the molecule is COc1ccc(C[C@H](C[C@H](O[Si](C)(C)C(C)(C)C)[C@H](CC2CCCCC2)NC(=O)OC(C)(C)C)C(=O)O)c(OC)c1OC. The average molecular weight is 624 g/mol. The lowest BCUT2D eigenvalue weighted by Gasteiger charge is -2.43. The van der Waals surface area contributed by atoms with Crippen molar-refractivity contribution in [3.8, 4) is 17.2 Å². The summed E-state index contributed by atoms with van der Waals surface area (Å²) in [5.74, 6) is 0.0464. The Morgan fingerprint density at radius 3 is 2.05 bits per heavy atom. The second-order valence-electron chi connectivity index (χ2n) is 14.4. The van der Waals surface area contributed by atoms with Crippen molar-refractivity contribution in [3.63, 3.8) is 0 Å². The lowest BCUT2D eigenvalue weighted by Crippen LogP contribution is -2.54. The number of hydrogen-bond acceptors (Lipinski definition) is 7. The second kappa shape index (κ2) is 15.5. The maximum absolute atomic E-state index is 13.2. The van der Waals surface area contributed by atoms with E-state index >= 15 is 0 Å². The van der Waals surface area contributed by atoms with Gasteiger partial charge in [0.1, 0.15) is 5.60 Å². The molecule has 1 aromatic carbocycles. The third-order valence-corrected chi connectivity index (χ3v) is 13.3. The first kappa shape index (κ1) is 36.7. The fourth-order valence-corrected chi connectivity index (χ4v) is 6.91. The molecule has 0 aromatic heterocycles. The van der Waals surface area contributed by atoms with Crippen LogP contribution in [0, 0.1) is 11.8 Å². The molecule has 10 heteroatoms. The number of ether oxygens (including phenoxy) is 4. The van der Waals surface area contributed by atoms with E-state index in [-0.39, 0.29) is 17.9 Å². The minimum atomic E-state index is -2.38. The third kappa shape index (κ3) is 10.9. The second-order valence-corrected chi connectivity index (χ2v) is 19.1. The molecule has 0 saturated heterocycles. The first-order valence-corrected chi connectivity index (χ1v) is 18.5. The van der Waals surface area contributed by atoms with Crippen LogP contribution in [-0.2, 0) is 20.4 Å². The number of benzene rings is 1. The molecule has 0 aliphatic heterocycles. The van der Waals surface area contributed by atoms with E-state index in [9.17, 15) is 14.7 Å². The number of carboxylic acids is 1. The highest BCUT2D eigenvalue weighted by atomic mass is 28.4. The third-order valence-electron chi connectivity index (χ3n) is 8.83. The normalized spacial score (nSPS) is 17.0. The minimum Gasteiger partial charge on any atom is -0.493 e. The summed E-state index contributed by atoms with van der Waals surface area (Å²) in [6, 6.07) is 3.18. The van der Waals surface area contributed by atoms with Crippen molar-refractivity contribution >= 4 is 20.4 Å². The summed E-state index contributed by atoms with van der Waals surface area (Å²) in [4.78, 5) is 26.0. The predicted molar refractivity (Wildman–Crippen MR) is 172 cm³/mol. The van der Waals surface area contributed by atoms with Crippen molar-refractivity contribution < 1.29 is 38.1 Å². The summed E-state index contributed by atoms with van der Waals surface area (Å²) < 4.78 is 29.3. The Labute approximate surface area is 260 Å². The molecule has 1 saturated carbocycles. The van der Waals surface area contributed by atoms with Gasteiger partial charge in [-0.05, 0) is 75.7 Å². The highest BCUT2D eigenvalue weighted by Gasteiger charge is 2.43. The maximum atomic E-state index is 13.2. The van der Waals surface area contributed by atoms with E-state index in [1.165, 1.54) is 20.6 Å². The molecule has 1 amide bonds. The number of amides is 1. The molecule has 3 atom stereocenters. The topological polar surface area (TPSA) is 113 Å². The zero-order valence-corrected chi connectivity index (χ0v) is 29.4. The van der Waals surface area contributed by atoms with E-state index in [1.807, 2.05) is 26.8 Å². The number of methoxy groups -OCH3 is 3. The maximum Gasteiger partial charge on any atom is 0.407 e. The van der Waals surface area contributed by atoms with E-state index in [0.717, 1.165) is 25.7 Å². The van der Waals surface area contributed by atoms with Crippen LogP contribution in [0.4, 0.5) is 4.79 Å². The molecule has 0 spiro atoms. The van der Waals surface area contributed by atoms with Gasteiger partial charge < -0.3 is 33.8 Å². The fraction of sp³-hybridized carbons (Fsp3) is 0.758. The van der Waals surface area contributed by atoms with Gasteiger partial charge in [0.25, 0.3) is 0 Å². The number of nitrogens with one attached hydrogen (secondary N) is 1. The largest absolute Gasteiger partial charge is 0.493 e. The predicted octanol–water partition coefficient (Wildman–Crippen LogP) is 7.60. The van der Waals surface area contributed by atoms with Crippen LogP contribution in [0.25, 0.3) is 0 Å². The Morgan fingerprint density at radius 2 is 1.56 bits per heavy atom. The van der Waals surface area contributed by atoms with E-state index in [2.05, 4.69) is 39.2 Å². The van der Waals surface area contributed by atoms with Crippen LogP contribution in [0.2, 0.25) is 18.1 Å². The summed E-state index contributed by atoms with van der Waals surface area (Å²) in [5.41, 5.74) is 0.0330. The van der Waals surface area contributed by atoms with Gasteiger partial charge in [-0.2, -0.15) is 0 Å². The molecule has 0 radical (unpaired) electrons. The lowest BCUT2D eigenvalue weighted by molar-refractivity contribution is -0.142. The Hall–Kier alpha value is -2.46. The molecule has 0 unspecified atom stereocenters. The zero-order chi connectivity index (χ0) is 32.6. The standard InChI is InChI=1S/C33H57NO8Si/c1-32(2,3)41-31(37)34-25(19-22-15-13-12-14-16-22)27(42-43(10,11)33(4,5)6)21-24(30(35)36)20-23-17-18-26(38-7)29(40-9)28(23)39-8/h17-18,22,24-25,27H,12-16,19-21H2,1-11H3,(H,34,37)(H,35,36)/t24-,25+,27+/m1/s1. The van der Waals surface area contributed by atoms with Crippen molar-refractivity contribution in [2.24, 2.45) is 11.8 Å². The van der Waals surface area contributed by atoms with Gasteiger partial charge in [0, 0.05) is 0 Å². The fourth-order valence-electron chi connectivity index (χ4n) is 5.54. The Morgan fingerprint density at radius 1 is 0.953 bits per heavy atom. The molecular weight excluding hydrogens is 566 g/mol. The number of alkyl carbamates (subject to hydrolysis) is 1. The van der Waals surface area contributed by atoms with Gasteiger partial charge >= 0.3 is 12.1 Å². The van der Waals surface area contributed by atoms with Crippen LogP contribution >= 0.6 is 0 Å². The van der Waals surface area contributed by atoms with Crippen LogP contribution in [-0.4, -0.2) is 64.6 Å². The van der Waals surface area contributed by atoms with Crippen molar-refractivity contribution in [1.29, 1.82) is 0 Å². The Bertz CT molecular complexity index is 1060. The highest BCUT2D eigenvalue weighted by Crippen LogP contribution is 2.42. The summed E-state index contributed by atoms with van der Waals surface area (Å²) in [7, 11) is 2.23. The molecule has 0 heterocycles. The average Bonchev–Trinajstić information content (AvgIpc) is 2.90. The quantitative estimate of drug-likeness (QED) is 0.204. The number of rotatable bonds is 14. The van der Waals surface area contributed by atoms with Crippen LogP contribution < -0.4 is 19.5 Å². The molecule has 1 aliphatic rings. The molecule has 1 fully saturated rings. The van der Waals surface area contributed by atoms with Crippen LogP contribution in [0.3, 0.4) is 0 Å². The smallest absolute Gasteiger partial charge is 0.407 e. The zero-order valence-electron chi connectivity index (χ0n) is 28.4. The van der Waals surface area contributed by atoms with Gasteiger partial charge in [-0.25, -0.2) is 4.79 Å². The molecule has 9 nitrogen and oxygen atoms in total. The van der Waals surface area contributed by atoms with E-state index in [1.54, 1.807) is 13.2 Å². The summed E-state index contributed by atoms with van der Waals surface area (Å²) in [6.07, 6.45) is 5.81. The number of aliphatic carboxylic acids is 1. The number of carbonyl (C=O) groups is 2. The van der Waals surface area contributed by atoms with Crippen molar-refractivity contribution in [2.75, 3.05) is 21.3 Å². The Kier molecular flexibility index (Phi) is 13.2. The number of carboxylic acid groups (broad SMARTS) is 1. The molecule has 2 rings (SSSR count). The van der Waals surface area contributed by atoms with Crippen molar-refractivity contribution in [1.82, 2.24) is 5.32 Å². The van der Waals surface area contributed by atoms with Gasteiger partial charge in [-0.15, -0.1) is 0 Å². The molecule has 1 aliphatic carbocycles. The highest BCUT2D eigenvalue weighted by molar-refractivity contribution is 6.74. The van der Waals surface area contributed by atoms with Gasteiger partial charge in [0.05, 0.1) is 39.4 Å².